The molecule has 1 heterocycles. The Hall–Kier alpha value is -2.72. The van der Waals surface area contributed by atoms with E-state index < -0.39 is 0 Å². The minimum atomic E-state index is -0.233. The van der Waals surface area contributed by atoms with Crippen molar-refractivity contribution in [2.75, 3.05) is 0 Å². The fraction of sp³-hybridized carbons (Fsp3) is 0.444. The molecule has 25 heavy (non-hydrogen) atoms. The second-order valence-corrected chi connectivity index (χ2v) is 5.81. The lowest BCUT2D eigenvalue weighted by molar-refractivity contribution is -0.198. The monoisotopic (exact) mass is 345 g/mol. The molecular formula is C18H23N3O4. The number of hydrogen-bond acceptors (Lipinski definition) is 6. The fourth-order valence-electron chi connectivity index (χ4n) is 1.78. The number of oxime groups is 1. The lowest BCUT2D eigenvalue weighted by Crippen LogP contribution is -2.31. The zero-order valence-electron chi connectivity index (χ0n) is 14.9. The summed E-state index contributed by atoms with van der Waals surface area (Å²) in [6.07, 6.45) is 0.431. The summed E-state index contributed by atoms with van der Waals surface area (Å²) in [4.78, 5) is 31.8. The molecule has 0 saturated carbocycles. The Kier molecular flexibility index (Phi) is 8.30. The van der Waals surface area contributed by atoms with E-state index in [1.54, 1.807) is 13.8 Å². The number of hydrogen-bond donors (Lipinski definition) is 0. The van der Waals surface area contributed by atoms with Gasteiger partial charge in [0.2, 0.25) is 0 Å². The van der Waals surface area contributed by atoms with Crippen LogP contribution in [0.4, 0.5) is 0 Å². The Balaban J connectivity index is 0.000000257. The second kappa shape index (κ2) is 10.2. The van der Waals surface area contributed by atoms with Crippen molar-refractivity contribution in [3.63, 3.8) is 0 Å². The third-order valence-electron chi connectivity index (χ3n) is 2.83. The number of rotatable bonds is 5. The van der Waals surface area contributed by atoms with Crippen LogP contribution in [0.15, 0.2) is 35.5 Å². The zero-order chi connectivity index (χ0) is 18.8. The molecule has 1 saturated heterocycles. The van der Waals surface area contributed by atoms with Crippen molar-refractivity contribution < 1.29 is 19.3 Å². The number of carbonyl (C=O) groups is 2. The number of nitriles is 1. The molecule has 0 aliphatic carbocycles. The van der Waals surface area contributed by atoms with Crippen molar-refractivity contribution in [1.29, 1.82) is 5.26 Å². The van der Waals surface area contributed by atoms with Gasteiger partial charge in [0.25, 0.3) is 11.8 Å². The molecule has 0 atom stereocenters. The molecule has 7 heteroatoms. The average Bonchev–Trinajstić information content (AvgIpc) is 2.88. The standard InChI is InChI=1S/C11H12N2O.C7H11NO3/c1-9(2)14-13-11(8-12)10-6-4-3-5-7-10;1-5(2)11-8-6(9)3-4-7(8)10/h3-7,9H,1-2H3;5H,3-4H2,1-2H3/b13-11-;. The summed E-state index contributed by atoms with van der Waals surface area (Å²) in [6.45, 7) is 7.28. The molecule has 7 nitrogen and oxygen atoms in total. The van der Waals surface area contributed by atoms with Crippen molar-refractivity contribution in [1.82, 2.24) is 5.06 Å². The minimum absolute atomic E-state index is 0.0120. The summed E-state index contributed by atoms with van der Waals surface area (Å²) in [7, 11) is 0. The molecule has 1 aromatic rings. The van der Waals surface area contributed by atoms with Crippen molar-refractivity contribution in [3.05, 3.63) is 35.9 Å². The molecule has 1 fully saturated rings. The maximum absolute atomic E-state index is 10.9. The largest absolute Gasteiger partial charge is 0.392 e. The Morgan fingerprint density at radius 1 is 1.08 bits per heavy atom. The molecule has 2 rings (SSSR count). The Morgan fingerprint density at radius 3 is 2.08 bits per heavy atom. The molecule has 0 bridgehead atoms. The molecule has 134 valence electrons. The van der Waals surface area contributed by atoms with E-state index in [4.69, 9.17) is 14.9 Å². The highest BCUT2D eigenvalue weighted by Gasteiger charge is 2.30. The van der Waals surface area contributed by atoms with Crippen LogP contribution in [0.25, 0.3) is 0 Å². The van der Waals surface area contributed by atoms with Gasteiger partial charge in [-0.05, 0) is 27.7 Å². The molecule has 0 spiro atoms. The van der Waals surface area contributed by atoms with Gasteiger partial charge in [0.15, 0.2) is 5.71 Å². The average molecular weight is 345 g/mol. The number of nitrogens with zero attached hydrogens (tertiary/aromatic N) is 3. The van der Waals surface area contributed by atoms with E-state index in [1.807, 2.05) is 50.2 Å². The zero-order valence-corrected chi connectivity index (χ0v) is 14.9. The van der Waals surface area contributed by atoms with Gasteiger partial charge < -0.3 is 4.84 Å². The smallest absolute Gasteiger partial charge is 0.254 e. The minimum Gasteiger partial charge on any atom is -0.392 e. The van der Waals surface area contributed by atoms with Gasteiger partial charge in [-0.25, -0.2) is 0 Å². The van der Waals surface area contributed by atoms with Crippen LogP contribution in [0.1, 0.15) is 46.1 Å². The molecule has 0 radical (unpaired) electrons. The first-order valence-corrected chi connectivity index (χ1v) is 8.07. The lowest BCUT2D eigenvalue weighted by atomic mass is 10.1. The molecule has 0 aromatic heterocycles. The van der Waals surface area contributed by atoms with E-state index in [0.29, 0.717) is 5.71 Å². The Labute approximate surface area is 147 Å². The first-order valence-electron chi connectivity index (χ1n) is 8.07. The third kappa shape index (κ3) is 7.14. The van der Waals surface area contributed by atoms with Crippen molar-refractivity contribution in [2.24, 2.45) is 5.16 Å². The highest BCUT2D eigenvalue weighted by Crippen LogP contribution is 2.13. The summed E-state index contributed by atoms with van der Waals surface area (Å²) in [5.41, 5.74) is 1.08. The molecule has 1 aromatic carbocycles. The van der Waals surface area contributed by atoms with Gasteiger partial charge in [-0.3, -0.25) is 14.4 Å². The van der Waals surface area contributed by atoms with Crippen LogP contribution < -0.4 is 0 Å². The molecule has 2 amide bonds. The summed E-state index contributed by atoms with van der Waals surface area (Å²) < 4.78 is 0. The van der Waals surface area contributed by atoms with Gasteiger partial charge >= 0.3 is 0 Å². The highest BCUT2D eigenvalue weighted by molar-refractivity contribution is 6.11. The van der Waals surface area contributed by atoms with Crippen molar-refractivity contribution in [2.45, 2.75) is 52.7 Å². The maximum Gasteiger partial charge on any atom is 0.254 e. The Bertz CT molecular complexity index is 632. The van der Waals surface area contributed by atoms with E-state index in [0.717, 1.165) is 10.6 Å². The van der Waals surface area contributed by atoms with Crippen molar-refractivity contribution >= 4 is 17.5 Å². The molecular weight excluding hydrogens is 322 g/mol. The number of imide groups is 1. The predicted molar refractivity (Wildman–Crippen MR) is 92.1 cm³/mol. The number of benzene rings is 1. The second-order valence-electron chi connectivity index (χ2n) is 5.81. The van der Waals surface area contributed by atoms with E-state index in [9.17, 15) is 9.59 Å². The van der Waals surface area contributed by atoms with Crippen LogP contribution in [0.2, 0.25) is 0 Å². The number of hydroxylamine groups is 2. The van der Waals surface area contributed by atoms with Gasteiger partial charge in [0, 0.05) is 18.4 Å². The lowest BCUT2D eigenvalue weighted by Gasteiger charge is -2.15. The Morgan fingerprint density at radius 2 is 1.64 bits per heavy atom. The fourth-order valence-corrected chi connectivity index (χ4v) is 1.78. The van der Waals surface area contributed by atoms with E-state index >= 15 is 0 Å². The topological polar surface area (TPSA) is 92.0 Å². The van der Waals surface area contributed by atoms with Gasteiger partial charge in [0.1, 0.15) is 12.2 Å². The SMILES string of the molecule is CC(C)O/N=C(/C#N)c1ccccc1.CC(C)ON1C(=O)CCC1=O. The van der Waals surface area contributed by atoms with Gasteiger partial charge in [0.05, 0.1) is 6.10 Å². The van der Waals surface area contributed by atoms with Gasteiger partial charge in [-0.1, -0.05) is 35.5 Å². The predicted octanol–water partition coefficient (Wildman–Crippen LogP) is 2.81. The maximum atomic E-state index is 10.9. The quantitative estimate of drug-likeness (QED) is 0.465. The molecule has 1 aliphatic heterocycles. The van der Waals surface area contributed by atoms with Crippen LogP contribution in [0.3, 0.4) is 0 Å². The number of amides is 2. The summed E-state index contributed by atoms with van der Waals surface area (Å²) in [6, 6.07) is 11.3. The van der Waals surface area contributed by atoms with E-state index in [2.05, 4.69) is 5.16 Å². The molecule has 1 aliphatic rings. The normalized spacial score (nSPS) is 14.4. The third-order valence-corrected chi connectivity index (χ3v) is 2.83. The van der Waals surface area contributed by atoms with Gasteiger partial charge in [-0.15, -0.1) is 0 Å². The summed E-state index contributed by atoms with van der Waals surface area (Å²) in [5, 5.41) is 13.5. The number of carbonyl (C=O) groups excluding carboxylic acids is 2. The summed E-state index contributed by atoms with van der Waals surface area (Å²) in [5.74, 6) is -0.465. The first kappa shape index (κ1) is 20.3. The first-order chi connectivity index (χ1) is 11.8. The van der Waals surface area contributed by atoms with Crippen LogP contribution >= 0.6 is 0 Å². The van der Waals surface area contributed by atoms with E-state index in [-0.39, 0.29) is 36.9 Å². The highest BCUT2D eigenvalue weighted by atomic mass is 16.7. The van der Waals surface area contributed by atoms with Crippen LogP contribution in [-0.4, -0.2) is 34.8 Å². The van der Waals surface area contributed by atoms with Crippen LogP contribution in [0, 0.1) is 11.3 Å². The molecule has 0 N–H and O–H groups in total. The summed E-state index contributed by atoms with van der Waals surface area (Å²) >= 11 is 0. The van der Waals surface area contributed by atoms with Crippen LogP contribution in [-0.2, 0) is 19.3 Å². The van der Waals surface area contributed by atoms with Crippen molar-refractivity contribution in [3.8, 4) is 6.07 Å². The van der Waals surface area contributed by atoms with Gasteiger partial charge in [-0.2, -0.15) is 10.3 Å². The van der Waals surface area contributed by atoms with E-state index in [1.165, 1.54) is 0 Å². The van der Waals surface area contributed by atoms with Crippen LogP contribution in [0.5, 0.6) is 0 Å². The molecule has 0 unspecified atom stereocenters.